The Morgan fingerprint density at radius 1 is 1.25 bits per heavy atom. The number of hydrogen-bond donors (Lipinski definition) is 1. The van der Waals surface area contributed by atoms with Crippen LogP contribution in [0.5, 0.6) is 0 Å². The number of aliphatic carboxylic acids is 1. The topological polar surface area (TPSA) is 59.3 Å². The van der Waals surface area contributed by atoms with E-state index in [1.165, 1.54) is 4.57 Å². The van der Waals surface area contributed by atoms with Crippen molar-refractivity contribution in [3.8, 4) is 0 Å². The van der Waals surface area contributed by atoms with Gasteiger partial charge in [0.2, 0.25) is 0 Å². The van der Waals surface area contributed by atoms with Crippen molar-refractivity contribution in [2.75, 3.05) is 0 Å². The van der Waals surface area contributed by atoms with Crippen LogP contribution in [0.1, 0.15) is 6.42 Å². The second kappa shape index (κ2) is 4.18. The average Bonchev–Trinajstić information content (AvgIpc) is 2.28. The molecule has 0 aliphatic carbocycles. The normalized spacial score (nSPS) is 10.5. The Balaban J connectivity index is 2.45. The van der Waals surface area contributed by atoms with E-state index in [1.807, 2.05) is 18.2 Å². The Hall–Kier alpha value is -2.10. The fraction of sp³-hybridized carbons (Fsp3) is 0.167. The van der Waals surface area contributed by atoms with Crippen molar-refractivity contribution in [3.63, 3.8) is 0 Å². The van der Waals surface area contributed by atoms with Gasteiger partial charge in [-0.05, 0) is 17.5 Å². The van der Waals surface area contributed by atoms with Gasteiger partial charge in [0.05, 0.1) is 6.42 Å². The standard InChI is InChI=1S/C12H11NO3/c14-11(15)6-8-13-7-5-9-3-1-2-4-10(9)12(13)16/h1-5,7H,6,8H2,(H,14,15). The molecule has 0 fully saturated rings. The molecule has 0 radical (unpaired) electrons. The SMILES string of the molecule is O=C(O)CCn1ccc2ccccc2c1=O. The molecule has 1 aromatic carbocycles. The van der Waals surface area contributed by atoms with Gasteiger partial charge in [0.25, 0.3) is 5.56 Å². The Kier molecular flexibility index (Phi) is 2.72. The summed E-state index contributed by atoms with van der Waals surface area (Å²) in [5.41, 5.74) is -0.139. The van der Waals surface area contributed by atoms with Gasteiger partial charge < -0.3 is 9.67 Å². The van der Waals surface area contributed by atoms with E-state index in [4.69, 9.17) is 5.11 Å². The molecule has 0 atom stereocenters. The molecule has 0 amide bonds. The van der Waals surface area contributed by atoms with E-state index in [-0.39, 0.29) is 18.5 Å². The maximum atomic E-state index is 11.9. The van der Waals surface area contributed by atoms with Gasteiger partial charge in [-0.25, -0.2) is 0 Å². The van der Waals surface area contributed by atoms with Crippen LogP contribution in [0.3, 0.4) is 0 Å². The van der Waals surface area contributed by atoms with Crippen LogP contribution in [-0.4, -0.2) is 15.6 Å². The molecule has 4 nitrogen and oxygen atoms in total. The quantitative estimate of drug-likeness (QED) is 0.847. The number of rotatable bonds is 3. The summed E-state index contributed by atoms with van der Waals surface area (Å²) >= 11 is 0. The fourth-order valence-corrected chi connectivity index (χ4v) is 1.62. The number of aromatic nitrogens is 1. The lowest BCUT2D eigenvalue weighted by Crippen LogP contribution is -2.20. The van der Waals surface area contributed by atoms with Crippen LogP contribution in [-0.2, 0) is 11.3 Å². The summed E-state index contributed by atoms with van der Waals surface area (Å²) in [5, 5.41) is 10.1. The molecule has 0 unspecified atom stereocenters. The van der Waals surface area contributed by atoms with Crippen LogP contribution in [0.2, 0.25) is 0 Å². The first-order valence-corrected chi connectivity index (χ1v) is 4.98. The van der Waals surface area contributed by atoms with E-state index in [2.05, 4.69) is 0 Å². The fourth-order valence-electron chi connectivity index (χ4n) is 1.62. The summed E-state index contributed by atoms with van der Waals surface area (Å²) in [6.45, 7) is 0.207. The van der Waals surface area contributed by atoms with Crippen molar-refractivity contribution in [2.24, 2.45) is 0 Å². The van der Waals surface area contributed by atoms with E-state index in [0.717, 1.165) is 5.39 Å². The molecule has 82 valence electrons. The lowest BCUT2D eigenvalue weighted by molar-refractivity contribution is -0.137. The van der Waals surface area contributed by atoms with E-state index >= 15 is 0 Å². The summed E-state index contributed by atoms with van der Waals surface area (Å²) in [6.07, 6.45) is 1.59. The van der Waals surface area contributed by atoms with Gasteiger partial charge in [0.15, 0.2) is 0 Å². The minimum Gasteiger partial charge on any atom is -0.481 e. The summed E-state index contributed by atoms with van der Waals surface area (Å²) in [4.78, 5) is 22.3. The molecule has 1 N–H and O–H groups in total. The van der Waals surface area contributed by atoms with Gasteiger partial charge in [-0.1, -0.05) is 18.2 Å². The molecule has 0 bridgehead atoms. The van der Waals surface area contributed by atoms with Crippen molar-refractivity contribution in [1.29, 1.82) is 0 Å². The molecule has 2 rings (SSSR count). The summed E-state index contributed by atoms with van der Waals surface area (Å²) in [5.74, 6) is -0.903. The predicted octanol–water partition coefficient (Wildman–Crippen LogP) is 1.48. The number of carboxylic acid groups (broad SMARTS) is 1. The molecule has 4 heteroatoms. The number of aryl methyl sites for hydroxylation is 1. The highest BCUT2D eigenvalue weighted by Crippen LogP contribution is 2.08. The molecule has 1 heterocycles. The molecule has 0 saturated heterocycles. The number of fused-ring (bicyclic) bond motifs is 1. The first kappa shape index (κ1) is 10.4. The maximum absolute atomic E-state index is 11.9. The molecular formula is C12H11NO3. The predicted molar refractivity (Wildman–Crippen MR) is 60.5 cm³/mol. The van der Waals surface area contributed by atoms with E-state index in [9.17, 15) is 9.59 Å². The zero-order valence-corrected chi connectivity index (χ0v) is 8.59. The Morgan fingerprint density at radius 2 is 2.00 bits per heavy atom. The minimum atomic E-state index is -0.903. The van der Waals surface area contributed by atoms with Crippen molar-refractivity contribution in [2.45, 2.75) is 13.0 Å². The second-order valence-electron chi connectivity index (χ2n) is 3.55. The lowest BCUT2D eigenvalue weighted by Gasteiger charge is -2.04. The number of hydrogen-bond acceptors (Lipinski definition) is 2. The van der Waals surface area contributed by atoms with E-state index in [1.54, 1.807) is 18.3 Å². The van der Waals surface area contributed by atoms with Crippen LogP contribution >= 0.6 is 0 Å². The zero-order chi connectivity index (χ0) is 11.5. The number of benzene rings is 1. The third kappa shape index (κ3) is 1.95. The van der Waals surface area contributed by atoms with Gasteiger partial charge in [-0.2, -0.15) is 0 Å². The largest absolute Gasteiger partial charge is 0.481 e. The Morgan fingerprint density at radius 3 is 2.75 bits per heavy atom. The molecule has 1 aromatic heterocycles. The lowest BCUT2D eigenvalue weighted by atomic mass is 10.2. The van der Waals surface area contributed by atoms with Crippen LogP contribution in [0.25, 0.3) is 10.8 Å². The smallest absolute Gasteiger partial charge is 0.305 e. The summed E-state index contributed by atoms with van der Waals surface area (Å²) in [6, 6.07) is 9.08. The molecule has 0 aliphatic rings. The molecule has 2 aromatic rings. The first-order chi connectivity index (χ1) is 7.68. The summed E-state index contributed by atoms with van der Waals surface area (Å²) < 4.78 is 1.43. The molecule has 0 spiro atoms. The van der Waals surface area contributed by atoms with Crippen LogP contribution in [0.4, 0.5) is 0 Å². The number of pyridine rings is 1. The minimum absolute atomic E-state index is 0.0434. The average molecular weight is 217 g/mol. The first-order valence-electron chi connectivity index (χ1n) is 4.98. The van der Waals surface area contributed by atoms with Gasteiger partial charge in [-0.15, -0.1) is 0 Å². The Bertz CT molecular complexity index is 586. The maximum Gasteiger partial charge on any atom is 0.305 e. The van der Waals surface area contributed by atoms with E-state index < -0.39 is 5.97 Å². The third-order valence-electron chi connectivity index (χ3n) is 2.45. The zero-order valence-electron chi connectivity index (χ0n) is 8.59. The molecule has 16 heavy (non-hydrogen) atoms. The van der Waals surface area contributed by atoms with Crippen molar-refractivity contribution < 1.29 is 9.90 Å². The third-order valence-corrected chi connectivity index (χ3v) is 2.45. The number of carbonyl (C=O) groups is 1. The van der Waals surface area contributed by atoms with Crippen molar-refractivity contribution >= 4 is 16.7 Å². The van der Waals surface area contributed by atoms with Crippen LogP contribution in [0.15, 0.2) is 41.3 Å². The van der Waals surface area contributed by atoms with Crippen LogP contribution < -0.4 is 5.56 Å². The monoisotopic (exact) mass is 217 g/mol. The van der Waals surface area contributed by atoms with Crippen molar-refractivity contribution in [3.05, 3.63) is 46.9 Å². The second-order valence-corrected chi connectivity index (χ2v) is 3.55. The van der Waals surface area contributed by atoms with Gasteiger partial charge in [0.1, 0.15) is 0 Å². The number of carboxylic acids is 1. The van der Waals surface area contributed by atoms with Crippen molar-refractivity contribution in [1.82, 2.24) is 4.57 Å². The van der Waals surface area contributed by atoms with Gasteiger partial charge in [-0.3, -0.25) is 9.59 Å². The van der Waals surface area contributed by atoms with E-state index in [0.29, 0.717) is 5.39 Å². The van der Waals surface area contributed by atoms with Gasteiger partial charge >= 0.3 is 5.97 Å². The van der Waals surface area contributed by atoms with Crippen LogP contribution in [0, 0.1) is 0 Å². The highest BCUT2D eigenvalue weighted by atomic mass is 16.4. The number of nitrogens with zero attached hydrogens (tertiary/aromatic N) is 1. The summed E-state index contributed by atoms with van der Waals surface area (Å²) in [7, 11) is 0. The molecule has 0 saturated carbocycles. The molecule has 0 aliphatic heterocycles. The Labute approximate surface area is 91.8 Å². The highest BCUT2D eigenvalue weighted by molar-refractivity contribution is 5.81. The van der Waals surface area contributed by atoms with Gasteiger partial charge in [0, 0.05) is 18.1 Å². The highest BCUT2D eigenvalue weighted by Gasteiger charge is 2.03. The molecular weight excluding hydrogens is 206 g/mol.